The molecular weight excluding hydrogens is 318 g/mol. The van der Waals surface area contributed by atoms with E-state index < -0.39 is 6.04 Å². The van der Waals surface area contributed by atoms with Gasteiger partial charge in [-0.3, -0.25) is 9.59 Å². The molecule has 0 saturated carbocycles. The molecule has 3 atom stereocenters. The maximum atomic E-state index is 12.0. The highest BCUT2D eigenvalue weighted by Crippen LogP contribution is 2.07. The van der Waals surface area contributed by atoms with Crippen LogP contribution in [-0.2, 0) is 20.7 Å². The quantitative estimate of drug-likeness (QED) is 0.611. The van der Waals surface area contributed by atoms with Crippen LogP contribution in [-0.4, -0.2) is 43.2 Å². The van der Waals surface area contributed by atoms with E-state index in [1.807, 2.05) is 30.3 Å². The van der Waals surface area contributed by atoms with Crippen LogP contribution in [0.1, 0.15) is 25.3 Å². The van der Waals surface area contributed by atoms with Crippen molar-refractivity contribution in [3.8, 4) is 0 Å². The summed E-state index contributed by atoms with van der Waals surface area (Å²) >= 11 is 0. The number of hydrogen-bond acceptors (Lipinski definition) is 4. The molecule has 0 radical (unpaired) electrons. The first-order valence-corrected chi connectivity index (χ1v) is 8.71. The predicted molar refractivity (Wildman–Crippen MR) is 96.8 cm³/mol. The van der Waals surface area contributed by atoms with Crippen LogP contribution < -0.4 is 16.4 Å². The zero-order valence-electron chi connectivity index (χ0n) is 14.6. The van der Waals surface area contributed by atoms with E-state index in [1.54, 1.807) is 13.0 Å². The molecule has 25 heavy (non-hydrogen) atoms. The standard InChI is InChI=1S/C19H27N3O3/c1-14(20)19(24)22-16(8-7-15-5-3-2-4-6-15)9-10-18(23)21-17-11-12-25-13-17/h2-6,9-10,14,16-17H,7-8,11-13,20H2,1H3,(H,21,23)(H,22,24)/b10-9+/t14-,16-,17?/m0/s1. The summed E-state index contributed by atoms with van der Waals surface area (Å²) in [4.78, 5) is 23.9. The molecule has 1 heterocycles. The largest absolute Gasteiger partial charge is 0.379 e. The van der Waals surface area contributed by atoms with E-state index in [4.69, 9.17) is 10.5 Å². The average molecular weight is 345 g/mol. The van der Waals surface area contributed by atoms with Gasteiger partial charge in [-0.05, 0) is 31.7 Å². The second kappa shape index (κ2) is 9.96. The normalized spacial score (nSPS) is 19.5. The van der Waals surface area contributed by atoms with Gasteiger partial charge in [0.25, 0.3) is 0 Å². The number of amides is 2. The number of carbonyl (C=O) groups is 2. The molecule has 6 nitrogen and oxygen atoms in total. The molecule has 1 unspecified atom stereocenters. The minimum absolute atomic E-state index is 0.0681. The smallest absolute Gasteiger partial charge is 0.244 e. The monoisotopic (exact) mass is 345 g/mol. The number of aryl methyl sites for hydroxylation is 1. The van der Waals surface area contributed by atoms with Crippen molar-refractivity contribution in [3.63, 3.8) is 0 Å². The topological polar surface area (TPSA) is 93.5 Å². The van der Waals surface area contributed by atoms with Gasteiger partial charge in [0.1, 0.15) is 0 Å². The van der Waals surface area contributed by atoms with E-state index in [2.05, 4.69) is 10.6 Å². The molecular formula is C19H27N3O3. The zero-order chi connectivity index (χ0) is 18.1. The van der Waals surface area contributed by atoms with E-state index >= 15 is 0 Å². The van der Waals surface area contributed by atoms with Gasteiger partial charge >= 0.3 is 0 Å². The van der Waals surface area contributed by atoms with Crippen molar-refractivity contribution in [2.75, 3.05) is 13.2 Å². The molecule has 4 N–H and O–H groups in total. The predicted octanol–water partition coefficient (Wildman–Crippen LogP) is 0.913. The lowest BCUT2D eigenvalue weighted by molar-refractivity contribution is -0.122. The Morgan fingerprint density at radius 3 is 2.76 bits per heavy atom. The van der Waals surface area contributed by atoms with Crippen molar-refractivity contribution in [1.29, 1.82) is 0 Å². The van der Waals surface area contributed by atoms with Crippen LogP contribution in [0, 0.1) is 0 Å². The minimum Gasteiger partial charge on any atom is -0.379 e. The molecule has 0 aliphatic carbocycles. The van der Waals surface area contributed by atoms with Crippen LogP contribution in [0.4, 0.5) is 0 Å². The lowest BCUT2D eigenvalue weighted by Gasteiger charge is -2.17. The third kappa shape index (κ3) is 7.07. The summed E-state index contributed by atoms with van der Waals surface area (Å²) in [6.07, 6.45) is 5.54. The van der Waals surface area contributed by atoms with Crippen LogP contribution in [0.3, 0.4) is 0 Å². The minimum atomic E-state index is -0.586. The molecule has 1 aliphatic rings. The van der Waals surface area contributed by atoms with Crippen molar-refractivity contribution >= 4 is 11.8 Å². The molecule has 2 amide bonds. The lowest BCUT2D eigenvalue weighted by Crippen LogP contribution is -2.43. The number of hydrogen-bond donors (Lipinski definition) is 3. The lowest BCUT2D eigenvalue weighted by atomic mass is 10.0. The van der Waals surface area contributed by atoms with Gasteiger partial charge in [-0.2, -0.15) is 0 Å². The molecule has 2 rings (SSSR count). The Hall–Kier alpha value is -2.18. The Morgan fingerprint density at radius 1 is 1.36 bits per heavy atom. The Morgan fingerprint density at radius 2 is 2.12 bits per heavy atom. The highest BCUT2D eigenvalue weighted by atomic mass is 16.5. The fraction of sp³-hybridized carbons (Fsp3) is 0.474. The Labute approximate surface area is 148 Å². The first-order valence-electron chi connectivity index (χ1n) is 8.71. The summed E-state index contributed by atoms with van der Waals surface area (Å²) in [5.41, 5.74) is 6.81. The molecule has 1 aromatic rings. The van der Waals surface area contributed by atoms with E-state index in [0.717, 1.165) is 12.8 Å². The molecule has 1 saturated heterocycles. The van der Waals surface area contributed by atoms with Gasteiger partial charge in [0, 0.05) is 18.7 Å². The molecule has 136 valence electrons. The van der Waals surface area contributed by atoms with Gasteiger partial charge in [0.2, 0.25) is 11.8 Å². The molecule has 1 aliphatic heterocycles. The zero-order valence-corrected chi connectivity index (χ0v) is 14.6. The van der Waals surface area contributed by atoms with Gasteiger partial charge in [0.05, 0.1) is 18.7 Å². The summed E-state index contributed by atoms with van der Waals surface area (Å²) in [6.45, 7) is 2.87. The van der Waals surface area contributed by atoms with E-state index in [-0.39, 0.29) is 23.9 Å². The van der Waals surface area contributed by atoms with Crippen molar-refractivity contribution in [1.82, 2.24) is 10.6 Å². The van der Waals surface area contributed by atoms with Crippen molar-refractivity contribution < 1.29 is 14.3 Å². The third-order valence-electron chi connectivity index (χ3n) is 4.08. The van der Waals surface area contributed by atoms with Crippen LogP contribution in [0.2, 0.25) is 0 Å². The second-order valence-corrected chi connectivity index (χ2v) is 6.36. The summed E-state index contributed by atoms with van der Waals surface area (Å²) in [6, 6.07) is 9.26. The number of benzene rings is 1. The fourth-order valence-electron chi connectivity index (χ4n) is 2.60. The fourth-order valence-corrected chi connectivity index (χ4v) is 2.60. The summed E-state index contributed by atoms with van der Waals surface area (Å²) in [7, 11) is 0. The highest BCUT2D eigenvalue weighted by molar-refractivity contribution is 5.88. The number of nitrogens with two attached hydrogens (primary N) is 1. The number of nitrogens with one attached hydrogen (secondary N) is 2. The van der Waals surface area contributed by atoms with Crippen LogP contribution >= 0.6 is 0 Å². The SMILES string of the molecule is C[C@H](N)C(=O)N[C@H](/C=C/C(=O)NC1CCOC1)CCc1ccccc1. The van der Waals surface area contributed by atoms with Crippen molar-refractivity contribution in [2.45, 2.75) is 44.3 Å². The average Bonchev–Trinajstić information content (AvgIpc) is 3.10. The van der Waals surface area contributed by atoms with Crippen molar-refractivity contribution in [2.24, 2.45) is 5.73 Å². The van der Waals surface area contributed by atoms with Crippen molar-refractivity contribution in [3.05, 3.63) is 48.0 Å². The molecule has 1 fully saturated rings. The Balaban J connectivity index is 1.91. The second-order valence-electron chi connectivity index (χ2n) is 6.36. The third-order valence-corrected chi connectivity index (χ3v) is 4.08. The van der Waals surface area contributed by atoms with E-state index in [0.29, 0.717) is 19.6 Å². The maximum absolute atomic E-state index is 12.0. The van der Waals surface area contributed by atoms with Gasteiger partial charge in [-0.1, -0.05) is 36.4 Å². The summed E-state index contributed by atoms with van der Waals surface area (Å²) < 4.78 is 5.24. The van der Waals surface area contributed by atoms with Crippen LogP contribution in [0.5, 0.6) is 0 Å². The van der Waals surface area contributed by atoms with Gasteiger partial charge in [-0.15, -0.1) is 0 Å². The highest BCUT2D eigenvalue weighted by Gasteiger charge is 2.17. The Kier molecular flexibility index (Phi) is 7.63. The molecule has 6 heteroatoms. The van der Waals surface area contributed by atoms with Crippen LogP contribution in [0.25, 0.3) is 0 Å². The van der Waals surface area contributed by atoms with Gasteiger partial charge < -0.3 is 21.1 Å². The first-order chi connectivity index (χ1) is 12.0. The van der Waals surface area contributed by atoms with E-state index in [9.17, 15) is 9.59 Å². The molecule has 0 aromatic heterocycles. The molecule has 0 spiro atoms. The number of carbonyl (C=O) groups excluding carboxylic acids is 2. The van der Waals surface area contributed by atoms with Gasteiger partial charge in [0.15, 0.2) is 0 Å². The number of rotatable bonds is 8. The van der Waals surface area contributed by atoms with E-state index in [1.165, 1.54) is 11.6 Å². The molecule has 0 bridgehead atoms. The number of ether oxygens (including phenoxy) is 1. The van der Waals surface area contributed by atoms with Crippen LogP contribution in [0.15, 0.2) is 42.5 Å². The molecule has 1 aromatic carbocycles. The Bertz CT molecular complexity index is 581. The maximum Gasteiger partial charge on any atom is 0.244 e. The first kappa shape index (κ1) is 19.1. The van der Waals surface area contributed by atoms with Gasteiger partial charge in [-0.25, -0.2) is 0 Å². The summed E-state index contributed by atoms with van der Waals surface area (Å²) in [5, 5.41) is 5.78. The summed E-state index contributed by atoms with van der Waals surface area (Å²) in [5.74, 6) is -0.400.